The first-order valence-electron chi connectivity index (χ1n) is 7.91. The first-order chi connectivity index (χ1) is 12.0. The summed E-state index contributed by atoms with van der Waals surface area (Å²) >= 11 is 1.57. The predicted molar refractivity (Wildman–Crippen MR) is 95.7 cm³/mol. The average Bonchev–Trinajstić information content (AvgIpc) is 3.15. The fourth-order valence-corrected chi connectivity index (χ4v) is 5.07. The Morgan fingerprint density at radius 2 is 2.16 bits per heavy atom. The van der Waals surface area contributed by atoms with Crippen LogP contribution < -0.4 is 0 Å². The fraction of sp³-hybridized carbons (Fsp3) is 0.294. The zero-order valence-corrected chi connectivity index (χ0v) is 15.3. The van der Waals surface area contributed by atoms with E-state index in [1.54, 1.807) is 11.3 Å². The van der Waals surface area contributed by atoms with Crippen molar-refractivity contribution < 1.29 is 12.9 Å². The zero-order valence-electron chi connectivity index (χ0n) is 13.6. The molecule has 6 nitrogen and oxygen atoms in total. The van der Waals surface area contributed by atoms with Crippen LogP contribution >= 0.6 is 11.3 Å². The van der Waals surface area contributed by atoms with Crippen LogP contribution in [-0.2, 0) is 15.8 Å². The van der Waals surface area contributed by atoms with Crippen LogP contribution in [0.5, 0.6) is 0 Å². The molecule has 0 amide bonds. The second-order valence-corrected chi connectivity index (χ2v) is 8.98. The molecule has 0 aliphatic carbocycles. The summed E-state index contributed by atoms with van der Waals surface area (Å²) < 4.78 is 31.8. The quantitative estimate of drug-likeness (QED) is 0.685. The van der Waals surface area contributed by atoms with Crippen molar-refractivity contribution in [2.75, 3.05) is 13.1 Å². The number of aryl methyl sites for hydroxylation is 1. The van der Waals surface area contributed by atoms with E-state index in [1.807, 2.05) is 48.0 Å². The summed E-state index contributed by atoms with van der Waals surface area (Å²) in [6, 6.07) is 9.51. The Kier molecular flexibility index (Phi) is 4.18. The minimum Gasteiger partial charge on any atom is -0.339 e. The topological polar surface area (TPSA) is 76.3 Å². The lowest BCUT2D eigenvalue weighted by molar-refractivity contribution is 0.216. The van der Waals surface area contributed by atoms with Gasteiger partial charge in [-0.15, -0.1) is 0 Å². The summed E-state index contributed by atoms with van der Waals surface area (Å²) in [6.07, 6.45) is 0. The molecule has 1 aliphatic heterocycles. The summed E-state index contributed by atoms with van der Waals surface area (Å²) in [4.78, 5) is 4.39. The number of aromatic nitrogens is 2. The normalized spacial score (nSPS) is 16.0. The minimum absolute atomic E-state index is 0.0192. The molecule has 2 aromatic heterocycles. The van der Waals surface area contributed by atoms with Crippen LogP contribution in [0.25, 0.3) is 11.4 Å². The molecule has 0 bridgehead atoms. The van der Waals surface area contributed by atoms with Crippen molar-refractivity contribution >= 4 is 21.4 Å². The molecule has 0 spiro atoms. The van der Waals surface area contributed by atoms with E-state index in [4.69, 9.17) is 4.52 Å². The van der Waals surface area contributed by atoms with Gasteiger partial charge in [-0.3, -0.25) is 0 Å². The van der Waals surface area contributed by atoms with E-state index < -0.39 is 10.0 Å². The van der Waals surface area contributed by atoms with Gasteiger partial charge in [0.1, 0.15) is 0 Å². The maximum Gasteiger partial charge on any atom is 0.232 e. The SMILES string of the molecule is Cc1cccc(CS(=O)(=O)N2CC(c3nc(-c4ccsc4)no3)C2)c1. The van der Waals surface area contributed by atoms with Gasteiger partial charge in [0.2, 0.25) is 21.7 Å². The van der Waals surface area contributed by atoms with Gasteiger partial charge in [-0.05, 0) is 23.9 Å². The minimum atomic E-state index is -3.33. The number of hydrogen-bond donors (Lipinski definition) is 0. The van der Waals surface area contributed by atoms with Gasteiger partial charge in [-0.1, -0.05) is 35.0 Å². The van der Waals surface area contributed by atoms with Crippen LogP contribution in [-0.4, -0.2) is 36.0 Å². The lowest BCUT2D eigenvalue weighted by Crippen LogP contribution is -2.48. The van der Waals surface area contributed by atoms with Gasteiger partial charge in [0.15, 0.2) is 0 Å². The lowest BCUT2D eigenvalue weighted by Gasteiger charge is -2.35. The van der Waals surface area contributed by atoms with Crippen LogP contribution in [0.15, 0.2) is 45.6 Å². The number of nitrogens with zero attached hydrogens (tertiary/aromatic N) is 3. The third-order valence-corrected chi connectivity index (χ3v) is 6.71. The molecule has 25 heavy (non-hydrogen) atoms. The third kappa shape index (κ3) is 3.37. The molecule has 3 heterocycles. The molecular formula is C17H17N3O3S2. The van der Waals surface area contributed by atoms with E-state index in [-0.39, 0.29) is 11.7 Å². The highest BCUT2D eigenvalue weighted by atomic mass is 32.2. The monoisotopic (exact) mass is 375 g/mol. The largest absolute Gasteiger partial charge is 0.339 e. The van der Waals surface area contributed by atoms with Crippen molar-refractivity contribution in [2.24, 2.45) is 0 Å². The maximum atomic E-state index is 12.5. The molecule has 0 unspecified atom stereocenters. The van der Waals surface area contributed by atoms with E-state index in [9.17, 15) is 8.42 Å². The Morgan fingerprint density at radius 1 is 1.32 bits per heavy atom. The molecule has 0 saturated carbocycles. The Hall–Kier alpha value is -2.03. The second-order valence-electron chi connectivity index (χ2n) is 6.23. The molecule has 3 aromatic rings. The Morgan fingerprint density at radius 3 is 2.88 bits per heavy atom. The van der Waals surface area contributed by atoms with Crippen molar-refractivity contribution in [3.05, 3.63) is 58.1 Å². The summed E-state index contributed by atoms with van der Waals surface area (Å²) in [5.74, 6) is 1.04. The summed E-state index contributed by atoms with van der Waals surface area (Å²) in [6.45, 7) is 2.73. The highest BCUT2D eigenvalue weighted by Gasteiger charge is 2.39. The molecule has 1 fully saturated rings. The summed E-state index contributed by atoms with van der Waals surface area (Å²) in [7, 11) is -3.33. The molecule has 4 rings (SSSR count). The molecular weight excluding hydrogens is 358 g/mol. The van der Waals surface area contributed by atoms with E-state index in [0.717, 1.165) is 16.7 Å². The molecule has 1 saturated heterocycles. The number of thiophene rings is 1. The van der Waals surface area contributed by atoms with Gasteiger partial charge in [0, 0.05) is 24.0 Å². The van der Waals surface area contributed by atoms with Crippen molar-refractivity contribution in [2.45, 2.75) is 18.6 Å². The van der Waals surface area contributed by atoms with Gasteiger partial charge in [0.25, 0.3) is 0 Å². The van der Waals surface area contributed by atoms with E-state index >= 15 is 0 Å². The molecule has 130 valence electrons. The van der Waals surface area contributed by atoms with Gasteiger partial charge < -0.3 is 4.52 Å². The summed E-state index contributed by atoms with van der Waals surface area (Å²) in [5.41, 5.74) is 2.78. The van der Waals surface area contributed by atoms with Gasteiger partial charge >= 0.3 is 0 Å². The first-order valence-corrected chi connectivity index (χ1v) is 10.5. The average molecular weight is 375 g/mol. The van der Waals surface area contributed by atoms with Gasteiger partial charge in [0.05, 0.1) is 11.7 Å². The van der Waals surface area contributed by atoms with Crippen molar-refractivity contribution in [3.8, 4) is 11.4 Å². The van der Waals surface area contributed by atoms with Crippen molar-refractivity contribution in [1.29, 1.82) is 0 Å². The zero-order chi connectivity index (χ0) is 17.4. The molecule has 1 aliphatic rings. The van der Waals surface area contributed by atoms with Crippen LogP contribution in [0.4, 0.5) is 0 Å². The smallest absolute Gasteiger partial charge is 0.232 e. The van der Waals surface area contributed by atoms with Crippen molar-refractivity contribution in [1.82, 2.24) is 14.4 Å². The van der Waals surface area contributed by atoms with Crippen molar-refractivity contribution in [3.63, 3.8) is 0 Å². The predicted octanol–water partition coefficient (Wildman–Crippen LogP) is 3.04. The fourth-order valence-electron chi connectivity index (χ4n) is 2.84. The molecule has 0 radical (unpaired) electrons. The Labute approximate surface area is 150 Å². The summed E-state index contributed by atoms with van der Waals surface area (Å²) in [5, 5.41) is 7.88. The van der Waals surface area contributed by atoms with E-state index in [2.05, 4.69) is 10.1 Å². The standard InChI is InChI=1S/C17H17N3O3S2/c1-12-3-2-4-13(7-12)11-25(21,22)20-8-15(9-20)17-18-16(19-23-17)14-5-6-24-10-14/h2-7,10,15H,8-9,11H2,1H3. The highest BCUT2D eigenvalue weighted by molar-refractivity contribution is 7.88. The van der Waals surface area contributed by atoms with Crippen LogP contribution in [0.1, 0.15) is 22.9 Å². The molecule has 0 atom stereocenters. The molecule has 0 N–H and O–H groups in total. The maximum absolute atomic E-state index is 12.5. The van der Waals surface area contributed by atoms with Gasteiger partial charge in [-0.25, -0.2) is 8.42 Å². The lowest BCUT2D eigenvalue weighted by atomic mass is 10.0. The van der Waals surface area contributed by atoms with Crippen LogP contribution in [0.3, 0.4) is 0 Å². The Bertz CT molecular complexity index is 974. The van der Waals surface area contributed by atoms with Crippen LogP contribution in [0, 0.1) is 6.92 Å². The number of benzene rings is 1. The number of sulfonamides is 1. The third-order valence-electron chi connectivity index (χ3n) is 4.24. The van der Waals surface area contributed by atoms with E-state index in [1.165, 1.54) is 4.31 Å². The van der Waals surface area contributed by atoms with E-state index in [0.29, 0.717) is 24.8 Å². The second kappa shape index (κ2) is 6.36. The molecule has 8 heteroatoms. The molecule has 1 aromatic carbocycles. The van der Waals surface area contributed by atoms with Crippen LogP contribution in [0.2, 0.25) is 0 Å². The number of rotatable bonds is 5. The number of hydrogen-bond acceptors (Lipinski definition) is 6. The highest BCUT2D eigenvalue weighted by Crippen LogP contribution is 2.31. The first kappa shape index (κ1) is 16.4. The van der Waals surface area contributed by atoms with Gasteiger partial charge in [-0.2, -0.15) is 20.6 Å². The Balaban J connectivity index is 1.41.